The van der Waals surface area contributed by atoms with Crippen LogP contribution in [0, 0.1) is 0 Å². The molecule has 0 amide bonds. The summed E-state index contributed by atoms with van der Waals surface area (Å²) in [5, 5.41) is 7.30. The van der Waals surface area contributed by atoms with Crippen molar-refractivity contribution in [2.24, 2.45) is 12.8 Å². The SMILES string of the molecule is Cl.Cl.Cn1nncc1CN. The molecule has 2 N–H and O–H groups in total. The molecule has 1 heterocycles. The zero-order valence-electron chi connectivity index (χ0n) is 5.52. The lowest BCUT2D eigenvalue weighted by atomic mass is 10.5. The van der Waals surface area contributed by atoms with E-state index < -0.39 is 0 Å². The van der Waals surface area contributed by atoms with Crippen molar-refractivity contribution in [1.29, 1.82) is 0 Å². The summed E-state index contributed by atoms with van der Waals surface area (Å²) in [6, 6.07) is 0. The highest BCUT2D eigenvalue weighted by molar-refractivity contribution is 5.85. The smallest absolute Gasteiger partial charge is 0.0738 e. The Morgan fingerprint density at radius 2 is 2.20 bits per heavy atom. The molecule has 0 unspecified atom stereocenters. The molecule has 0 saturated carbocycles. The summed E-state index contributed by atoms with van der Waals surface area (Å²) < 4.78 is 1.65. The number of hydrogen-bond acceptors (Lipinski definition) is 3. The number of nitrogens with zero attached hydrogens (tertiary/aromatic N) is 3. The van der Waals surface area contributed by atoms with E-state index in [0.717, 1.165) is 5.69 Å². The van der Waals surface area contributed by atoms with E-state index in [0.29, 0.717) is 6.54 Å². The van der Waals surface area contributed by atoms with Crippen molar-refractivity contribution in [1.82, 2.24) is 15.0 Å². The van der Waals surface area contributed by atoms with Crippen LogP contribution in [0.15, 0.2) is 6.20 Å². The van der Waals surface area contributed by atoms with Crippen LogP contribution in [0.25, 0.3) is 0 Å². The topological polar surface area (TPSA) is 56.7 Å². The minimum atomic E-state index is 0. The molecule has 4 nitrogen and oxygen atoms in total. The molecule has 0 aliphatic rings. The van der Waals surface area contributed by atoms with Gasteiger partial charge in [0.2, 0.25) is 0 Å². The fourth-order valence-electron chi connectivity index (χ4n) is 0.496. The standard InChI is InChI=1S/C4H8N4.2ClH/c1-8-4(2-5)3-6-7-8;;/h3H,2,5H2,1H3;2*1H. The molecular formula is C4H10Cl2N4. The first-order valence-corrected chi connectivity index (χ1v) is 2.38. The van der Waals surface area contributed by atoms with E-state index in [1.54, 1.807) is 10.9 Å². The quantitative estimate of drug-likeness (QED) is 0.675. The van der Waals surface area contributed by atoms with Crippen molar-refractivity contribution in [3.63, 3.8) is 0 Å². The van der Waals surface area contributed by atoms with E-state index in [9.17, 15) is 0 Å². The molecule has 0 fully saturated rings. The Labute approximate surface area is 71.6 Å². The zero-order chi connectivity index (χ0) is 5.98. The highest BCUT2D eigenvalue weighted by Crippen LogP contribution is 1.87. The summed E-state index contributed by atoms with van der Waals surface area (Å²) in [5.74, 6) is 0. The highest BCUT2D eigenvalue weighted by Gasteiger charge is 1.92. The Kier molecular flexibility index (Phi) is 6.76. The largest absolute Gasteiger partial charge is 0.325 e. The van der Waals surface area contributed by atoms with Crippen LogP contribution in [-0.2, 0) is 13.6 Å². The van der Waals surface area contributed by atoms with Crippen LogP contribution >= 0.6 is 24.8 Å². The van der Waals surface area contributed by atoms with E-state index in [4.69, 9.17) is 5.73 Å². The van der Waals surface area contributed by atoms with Crippen molar-refractivity contribution in [2.45, 2.75) is 6.54 Å². The van der Waals surface area contributed by atoms with Gasteiger partial charge in [0.1, 0.15) is 0 Å². The fourth-order valence-corrected chi connectivity index (χ4v) is 0.496. The van der Waals surface area contributed by atoms with Crippen LogP contribution in [0.5, 0.6) is 0 Å². The summed E-state index contributed by atoms with van der Waals surface area (Å²) in [7, 11) is 1.81. The number of rotatable bonds is 1. The predicted octanol–water partition coefficient (Wildman–Crippen LogP) is 0.117. The second-order valence-electron chi connectivity index (χ2n) is 1.55. The predicted molar refractivity (Wildman–Crippen MR) is 43.4 cm³/mol. The molecule has 0 radical (unpaired) electrons. The Morgan fingerprint density at radius 3 is 2.40 bits per heavy atom. The van der Waals surface area contributed by atoms with E-state index in [2.05, 4.69) is 10.3 Å². The van der Waals surface area contributed by atoms with Crippen LogP contribution in [0.1, 0.15) is 5.69 Å². The van der Waals surface area contributed by atoms with Crippen LogP contribution in [0.2, 0.25) is 0 Å². The average Bonchev–Trinajstić information content (AvgIpc) is 2.14. The summed E-state index contributed by atoms with van der Waals surface area (Å²) in [4.78, 5) is 0. The Balaban J connectivity index is 0. The normalized spacial score (nSPS) is 7.80. The zero-order valence-corrected chi connectivity index (χ0v) is 7.15. The molecule has 10 heavy (non-hydrogen) atoms. The van der Waals surface area contributed by atoms with Crippen molar-refractivity contribution < 1.29 is 0 Å². The second-order valence-corrected chi connectivity index (χ2v) is 1.55. The average molecular weight is 185 g/mol. The maximum absolute atomic E-state index is 5.29. The molecule has 0 aromatic carbocycles. The summed E-state index contributed by atoms with van der Waals surface area (Å²) >= 11 is 0. The number of aromatic nitrogens is 3. The lowest BCUT2D eigenvalue weighted by molar-refractivity contribution is 0.678. The van der Waals surface area contributed by atoms with Gasteiger partial charge in [-0.2, -0.15) is 0 Å². The molecule has 0 aliphatic carbocycles. The molecule has 0 spiro atoms. The van der Waals surface area contributed by atoms with Crippen molar-refractivity contribution in [3.05, 3.63) is 11.9 Å². The minimum absolute atomic E-state index is 0. The first-order valence-electron chi connectivity index (χ1n) is 2.38. The van der Waals surface area contributed by atoms with Gasteiger partial charge in [-0.25, -0.2) is 0 Å². The van der Waals surface area contributed by atoms with Gasteiger partial charge in [-0.15, -0.1) is 29.9 Å². The van der Waals surface area contributed by atoms with Crippen LogP contribution in [-0.4, -0.2) is 15.0 Å². The van der Waals surface area contributed by atoms with Gasteiger partial charge in [0.05, 0.1) is 11.9 Å². The molecule has 0 aliphatic heterocycles. The monoisotopic (exact) mass is 184 g/mol. The molecule has 1 rings (SSSR count). The third-order valence-corrected chi connectivity index (χ3v) is 1.02. The highest BCUT2D eigenvalue weighted by atomic mass is 35.5. The molecule has 1 aromatic rings. The third kappa shape index (κ3) is 2.51. The van der Waals surface area contributed by atoms with Gasteiger partial charge in [0, 0.05) is 13.6 Å². The van der Waals surface area contributed by atoms with Gasteiger partial charge in [-0.3, -0.25) is 4.68 Å². The molecule has 0 atom stereocenters. The molecule has 6 heteroatoms. The third-order valence-electron chi connectivity index (χ3n) is 1.02. The maximum atomic E-state index is 5.29. The summed E-state index contributed by atoms with van der Waals surface area (Å²) in [6.07, 6.45) is 1.65. The summed E-state index contributed by atoms with van der Waals surface area (Å²) in [5.41, 5.74) is 6.24. The lowest BCUT2D eigenvalue weighted by Crippen LogP contribution is -2.03. The van der Waals surface area contributed by atoms with Gasteiger partial charge in [-0.05, 0) is 0 Å². The first-order chi connectivity index (χ1) is 3.84. The van der Waals surface area contributed by atoms with Crippen LogP contribution in [0.4, 0.5) is 0 Å². The lowest BCUT2D eigenvalue weighted by Gasteiger charge is -1.90. The van der Waals surface area contributed by atoms with E-state index >= 15 is 0 Å². The van der Waals surface area contributed by atoms with Crippen molar-refractivity contribution >= 4 is 24.8 Å². The number of halogens is 2. The van der Waals surface area contributed by atoms with Crippen LogP contribution in [0.3, 0.4) is 0 Å². The molecule has 0 bridgehead atoms. The Hall–Kier alpha value is -0.320. The van der Waals surface area contributed by atoms with Gasteiger partial charge in [0.25, 0.3) is 0 Å². The maximum Gasteiger partial charge on any atom is 0.0738 e. The van der Waals surface area contributed by atoms with E-state index in [1.165, 1.54) is 0 Å². The molecular weight excluding hydrogens is 175 g/mol. The van der Waals surface area contributed by atoms with Crippen molar-refractivity contribution in [2.75, 3.05) is 0 Å². The second kappa shape index (κ2) is 5.46. The number of nitrogens with two attached hydrogens (primary N) is 1. The Bertz CT molecular complexity index is 176. The van der Waals surface area contributed by atoms with Crippen molar-refractivity contribution in [3.8, 4) is 0 Å². The molecule has 1 aromatic heterocycles. The van der Waals surface area contributed by atoms with Gasteiger partial charge < -0.3 is 5.73 Å². The summed E-state index contributed by atoms with van der Waals surface area (Å²) in [6.45, 7) is 0.503. The Morgan fingerprint density at radius 1 is 1.60 bits per heavy atom. The fraction of sp³-hybridized carbons (Fsp3) is 0.500. The number of aryl methyl sites for hydroxylation is 1. The van der Waals surface area contributed by atoms with Gasteiger partial charge >= 0.3 is 0 Å². The minimum Gasteiger partial charge on any atom is -0.325 e. The van der Waals surface area contributed by atoms with E-state index in [1.807, 2.05) is 7.05 Å². The molecule has 60 valence electrons. The molecule has 0 saturated heterocycles. The number of hydrogen-bond donors (Lipinski definition) is 1. The van der Waals surface area contributed by atoms with Crippen LogP contribution < -0.4 is 5.73 Å². The van der Waals surface area contributed by atoms with Gasteiger partial charge in [0.15, 0.2) is 0 Å². The van der Waals surface area contributed by atoms with E-state index in [-0.39, 0.29) is 24.8 Å². The van der Waals surface area contributed by atoms with Gasteiger partial charge in [-0.1, -0.05) is 5.21 Å². The first kappa shape index (κ1) is 12.4.